The van der Waals surface area contributed by atoms with Gasteiger partial charge in [0.05, 0.1) is 0 Å². The Balaban J connectivity index is 1.98. The normalized spacial score (nSPS) is 26.9. The van der Waals surface area contributed by atoms with E-state index in [4.69, 9.17) is 5.73 Å². The number of hydrogen-bond acceptors (Lipinski definition) is 2. The van der Waals surface area contributed by atoms with Crippen molar-refractivity contribution in [3.05, 3.63) is 0 Å². The predicted octanol–water partition coefficient (Wildman–Crippen LogP) is 4.72. The van der Waals surface area contributed by atoms with Crippen molar-refractivity contribution in [2.45, 2.75) is 102 Å². The molecule has 21 heavy (non-hydrogen) atoms. The maximum atomic E-state index is 6.34. The summed E-state index contributed by atoms with van der Waals surface area (Å²) in [6.45, 7) is 3.28. The molecule has 2 saturated carbocycles. The van der Waals surface area contributed by atoms with Gasteiger partial charge in [-0.2, -0.15) is 0 Å². The molecule has 124 valence electrons. The van der Waals surface area contributed by atoms with E-state index in [9.17, 15) is 0 Å². The molecule has 2 nitrogen and oxygen atoms in total. The van der Waals surface area contributed by atoms with Crippen LogP contribution in [-0.4, -0.2) is 30.1 Å². The lowest BCUT2D eigenvalue weighted by molar-refractivity contribution is 0.0534. The molecule has 0 saturated heterocycles. The van der Waals surface area contributed by atoms with Gasteiger partial charge in [-0.25, -0.2) is 0 Å². The van der Waals surface area contributed by atoms with Crippen LogP contribution in [0, 0.1) is 5.92 Å². The van der Waals surface area contributed by atoms with Crippen LogP contribution in [0.5, 0.6) is 0 Å². The van der Waals surface area contributed by atoms with E-state index >= 15 is 0 Å². The molecule has 2 aliphatic carbocycles. The SMILES string of the molecule is CC(C1CC1)N(C)C1(CN)CCCCCCCCCCC1. The van der Waals surface area contributed by atoms with E-state index in [2.05, 4.69) is 18.9 Å². The Labute approximate surface area is 132 Å². The molecule has 2 aliphatic rings. The predicted molar refractivity (Wildman–Crippen MR) is 92.5 cm³/mol. The number of likely N-dealkylation sites (N-methyl/N-ethyl adjacent to an activating group) is 1. The van der Waals surface area contributed by atoms with Gasteiger partial charge in [-0.05, 0) is 45.6 Å². The van der Waals surface area contributed by atoms with Crippen LogP contribution in [0.2, 0.25) is 0 Å². The average molecular weight is 295 g/mol. The van der Waals surface area contributed by atoms with Crippen LogP contribution in [-0.2, 0) is 0 Å². The van der Waals surface area contributed by atoms with Gasteiger partial charge in [0.25, 0.3) is 0 Å². The van der Waals surface area contributed by atoms with Crippen LogP contribution in [0.15, 0.2) is 0 Å². The fraction of sp³-hybridized carbons (Fsp3) is 1.00. The van der Waals surface area contributed by atoms with Gasteiger partial charge in [0.2, 0.25) is 0 Å². The molecule has 0 bridgehead atoms. The van der Waals surface area contributed by atoms with Crippen LogP contribution >= 0.6 is 0 Å². The molecular weight excluding hydrogens is 256 g/mol. The Morgan fingerprint density at radius 3 is 1.71 bits per heavy atom. The number of hydrogen-bond donors (Lipinski definition) is 1. The zero-order chi connectivity index (χ0) is 15.1. The summed E-state index contributed by atoms with van der Waals surface area (Å²) >= 11 is 0. The van der Waals surface area contributed by atoms with Crippen LogP contribution in [0.4, 0.5) is 0 Å². The highest BCUT2D eigenvalue weighted by molar-refractivity contribution is 4.96. The van der Waals surface area contributed by atoms with Crippen LogP contribution in [0.3, 0.4) is 0 Å². The van der Waals surface area contributed by atoms with E-state index < -0.39 is 0 Å². The van der Waals surface area contributed by atoms with Crippen molar-refractivity contribution in [1.29, 1.82) is 0 Å². The molecule has 1 unspecified atom stereocenters. The summed E-state index contributed by atoms with van der Waals surface area (Å²) in [4.78, 5) is 2.69. The average Bonchev–Trinajstić information content (AvgIpc) is 3.32. The molecule has 0 aliphatic heterocycles. The van der Waals surface area contributed by atoms with Crippen LogP contribution in [0.1, 0.15) is 90.4 Å². The number of nitrogens with zero attached hydrogens (tertiary/aromatic N) is 1. The second kappa shape index (κ2) is 8.53. The van der Waals surface area contributed by atoms with E-state index in [1.807, 2.05) is 0 Å². The Kier molecular flexibility index (Phi) is 7.01. The summed E-state index contributed by atoms with van der Waals surface area (Å²) in [5.74, 6) is 0.944. The summed E-state index contributed by atoms with van der Waals surface area (Å²) in [7, 11) is 2.36. The minimum Gasteiger partial charge on any atom is -0.329 e. The fourth-order valence-corrected chi connectivity index (χ4v) is 4.30. The molecule has 1 atom stereocenters. The molecule has 0 aromatic heterocycles. The third-order valence-corrected chi connectivity index (χ3v) is 6.33. The highest BCUT2D eigenvalue weighted by Gasteiger charge is 2.40. The molecule has 2 fully saturated rings. The highest BCUT2D eigenvalue weighted by Crippen LogP contribution is 2.39. The summed E-state index contributed by atoms with van der Waals surface area (Å²) in [6.07, 6.45) is 18.3. The standard InChI is InChI=1S/C19H38N2/c1-17(18-12-13-18)21(2)19(16-20)14-10-8-6-4-3-5-7-9-11-15-19/h17-18H,3-16,20H2,1-2H3. The summed E-state index contributed by atoms with van der Waals surface area (Å²) in [5.41, 5.74) is 6.62. The molecule has 0 radical (unpaired) electrons. The Morgan fingerprint density at radius 1 is 0.905 bits per heavy atom. The molecule has 0 aromatic carbocycles. The Hall–Kier alpha value is -0.0800. The molecule has 2 N–H and O–H groups in total. The van der Waals surface area contributed by atoms with Gasteiger partial charge in [-0.3, -0.25) is 4.90 Å². The van der Waals surface area contributed by atoms with E-state index in [0.29, 0.717) is 0 Å². The molecule has 0 aromatic rings. The minimum absolute atomic E-state index is 0.279. The zero-order valence-corrected chi connectivity index (χ0v) is 14.6. The summed E-state index contributed by atoms with van der Waals surface area (Å²) in [5, 5.41) is 0. The molecule has 0 spiro atoms. The first-order valence-electron chi connectivity index (χ1n) is 9.63. The van der Waals surface area contributed by atoms with Crippen molar-refractivity contribution >= 4 is 0 Å². The molecular formula is C19H38N2. The third-order valence-electron chi connectivity index (χ3n) is 6.33. The molecule has 0 heterocycles. The number of rotatable bonds is 4. The van der Waals surface area contributed by atoms with Crippen LogP contribution < -0.4 is 5.73 Å². The summed E-state index contributed by atoms with van der Waals surface area (Å²) in [6, 6.07) is 0.724. The highest BCUT2D eigenvalue weighted by atomic mass is 15.2. The lowest BCUT2D eigenvalue weighted by atomic mass is 9.83. The third kappa shape index (κ3) is 4.96. The largest absolute Gasteiger partial charge is 0.329 e. The van der Waals surface area contributed by atoms with Crippen molar-refractivity contribution in [1.82, 2.24) is 4.90 Å². The van der Waals surface area contributed by atoms with Gasteiger partial charge in [0.15, 0.2) is 0 Å². The first-order chi connectivity index (χ1) is 10.2. The Morgan fingerprint density at radius 2 is 1.33 bits per heavy atom. The first kappa shape index (κ1) is 17.3. The van der Waals surface area contributed by atoms with Crippen LogP contribution in [0.25, 0.3) is 0 Å². The quantitative estimate of drug-likeness (QED) is 0.813. The summed E-state index contributed by atoms with van der Waals surface area (Å²) < 4.78 is 0. The molecule has 2 rings (SSSR count). The van der Waals surface area contributed by atoms with Crippen molar-refractivity contribution < 1.29 is 0 Å². The van der Waals surface area contributed by atoms with Crippen molar-refractivity contribution in [2.24, 2.45) is 11.7 Å². The van der Waals surface area contributed by atoms with Gasteiger partial charge >= 0.3 is 0 Å². The lowest BCUT2D eigenvalue weighted by Gasteiger charge is -2.45. The van der Waals surface area contributed by atoms with Gasteiger partial charge < -0.3 is 5.73 Å². The van der Waals surface area contributed by atoms with E-state index in [-0.39, 0.29) is 5.54 Å². The lowest BCUT2D eigenvalue weighted by Crippen LogP contribution is -2.56. The van der Waals surface area contributed by atoms with E-state index in [1.54, 1.807) is 0 Å². The van der Waals surface area contributed by atoms with Crippen molar-refractivity contribution in [3.8, 4) is 0 Å². The molecule has 0 amide bonds. The maximum Gasteiger partial charge on any atom is 0.0331 e. The van der Waals surface area contributed by atoms with Gasteiger partial charge in [0, 0.05) is 18.1 Å². The van der Waals surface area contributed by atoms with Gasteiger partial charge in [-0.1, -0.05) is 57.8 Å². The fourth-order valence-electron chi connectivity index (χ4n) is 4.30. The van der Waals surface area contributed by atoms with Crippen molar-refractivity contribution in [2.75, 3.05) is 13.6 Å². The van der Waals surface area contributed by atoms with E-state index in [0.717, 1.165) is 18.5 Å². The Bertz CT molecular complexity index is 273. The first-order valence-corrected chi connectivity index (χ1v) is 9.63. The van der Waals surface area contributed by atoms with Crippen molar-refractivity contribution in [3.63, 3.8) is 0 Å². The van der Waals surface area contributed by atoms with Gasteiger partial charge in [0.1, 0.15) is 0 Å². The van der Waals surface area contributed by atoms with E-state index in [1.165, 1.54) is 83.5 Å². The monoisotopic (exact) mass is 294 g/mol. The number of nitrogens with two attached hydrogens (primary N) is 1. The second-order valence-corrected chi connectivity index (χ2v) is 7.80. The molecule has 2 heteroatoms. The topological polar surface area (TPSA) is 29.3 Å². The maximum absolute atomic E-state index is 6.34. The minimum atomic E-state index is 0.279. The second-order valence-electron chi connectivity index (χ2n) is 7.80. The zero-order valence-electron chi connectivity index (χ0n) is 14.6. The van der Waals surface area contributed by atoms with Gasteiger partial charge in [-0.15, -0.1) is 0 Å². The smallest absolute Gasteiger partial charge is 0.0331 e.